The molecule has 0 radical (unpaired) electrons. The number of unbranched alkanes of at least 4 members (excludes halogenated alkanes) is 18. The zero-order chi connectivity index (χ0) is 41.4. The number of rotatable bonds is 40. The number of carbonyl (C=O) groups is 2. The summed E-state index contributed by atoms with van der Waals surface area (Å²) >= 11 is 0. The summed E-state index contributed by atoms with van der Waals surface area (Å²) in [6, 6.07) is 0. The Hall–Kier alpha value is -2.03. The number of esters is 2. The zero-order valence-corrected chi connectivity index (χ0v) is 37.5. The summed E-state index contributed by atoms with van der Waals surface area (Å²) in [5.74, 6) is -0.864. The largest absolute Gasteiger partial charge is 0.472 e. The maximum absolute atomic E-state index is 12.6. The summed E-state index contributed by atoms with van der Waals surface area (Å²) in [4.78, 5) is 35.3. The molecule has 10 heteroatoms. The number of carbonyl (C=O) groups excluding carboxylic acids is 2. The molecule has 0 aromatic carbocycles. The molecule has 9 nitrogen and oxygen atoms in total. The van der Waals surface area contributed by atoms with Crippen molar-refractivity contribution in [3.05, 3.63) is 48.6 Å². The highest BCUT2D eigenvalue weighted by Crippen LogP contribution is 2.43. The van der Waals surface area contributed by atoms with Crippen molar-refractivity contribution in [1.82, 2.24) is 0 Å². The minimum atomic E-state index is -4.38. The SMILES string of the molecule is CCCCCCCCC/C=C/C/C=C/C/C=C/C/C=C/CCCC(=O)OC[C@@H](COP(=O)(O)OCC[N+](C)(C)C)OC(=O)CCCCCCCCCCCCC. The molecule has 0 aromatic rings. The molecule has 0 spiro atoms. The van der Waals surface area contributed by atoms with Crippen molar-refractivity contribution < 1.29 is 42.1 Å². The molecule has 326 valence electrons. The first kappa shape index (κ1) is 54.0. The fourth-order valence-electron chi connectivity index (χ4n) is 5.83. The van der Waals surface area contributed by atoms with Crippen LogP contribution in [-0.4, -0.2) is 74.9 Å². The lowest BCUT2D eigenvalue weighted by molar-refractivity contribution is -0.870. The molecule has 2 atom stereocenters. The van der Waals surface area contributed by atoms with E-state index in [2.05, 4.69) is 62.5 Å². The Labute approximate surface area is 343 Å². The predicted octanol–water partition coefficient (Wildman–Crippen LogP) is 12.7. The summed E-state index contributed by atoms with van der Waals surface area (Å²) in [7, 11) is 1.45. The third-order valence-corrected chi connectivity index (χ3v) is 10.3. The van der Waals surface area contributed by atoms with Gasteiger partial charge in [0.1, 0.15) is 19.8 Å². The van der Waals surface area contributed by atoms with Crippen LogP contribution < -0.4 is 0 Å². The molecular formula is C46H85NO8P+. The highest BCUT2D eigenvalue weighted by molar-refractivity contribution is 7.47. The average Bonchev–Trinajstić information content (AvgIpc) is 3.15. The van der Waals surface area contributed by atoms with Crippen LogP contribution in [0.3, 0.4) is 0 Å². The van der Waals surface area contributed by atoms with Crippen LogP contribution in [0.15, 0.2) is 48.6 Å². The topological polar surface area (TPSA) is 108 Å². The number of allylic oxidation sites excluding steroid dienone is 8. The smallest absolute Gasteiger partial charge is 0.462 e. The van der Waals surface area contributed by atoms with Crippen molar-refractivity contribution in [2.45, 2.75) is 187 Å². The number of ether oxygens (including phenoxy) is 2. The summed E-state index contributed by atoms with van der Waals surface area (Å²) in [6.45, 7) is 4.34. The molecule has 0 aromatic heterocycles. The lowest BCUT2D eigenvalue weighted by Crippen LogP contribution is -2.37. The van der Waals surface area contributed by atoms with E-state index >= 15 is 0 Å². The first-order valence-electron chi connectivity index (χ1n) is 22.4. The second kappa shape index (κ2) is 38.5. The van der Waals surface area contributed by atoms with Gasteiger partial charge in [0.25, 0.3) is 0 Å². The molecule has 0 aliphatic rings. The molecule has 0 heterocycles. The monoisotopic (exact) mass is 811 g/mol. The molecule has 0 fully saturated rings. The van der Waals surface area contributed by atoms with Crippen LogP contribution >= 0.6 is 7.82 Å². The Balaban J connectivity index is 4.40. The predicted molar refractivity (Wildman–Crippen MR) is 233 cm³/mol. The first-order chi connectivity index (χ1) is 27.0. The van der Waals surface area contributed by atoms with E-state index in [4.69, 9.17) is 18.5 Å². The molecule has 0 aliphatic heterocycles. The number of hydrogen-bond donors (Lipinski definition) is 1. The summed E-state index contributed by atoms with van der Waals surface area (Å²) in [6.07, 6.45) is 44.6. The van der Waals surface area contributed by atoms with Crippen LogP contribution in [0, 0.1) is 0 Å². The van der Waals surface area contributed by atoms with Gasteiger partial charge >= 0.3 is 19.8 Å². The van der Waals surface area contributed by atoms with E-state index in [1.165, 1.54) is 96.3 Å². The van der Waals surface area contributed by atoms with Gasteiger partial charge in [0.15, 0.2) is 6.10 Å². The molecule has 0 aliphatic carbocycles. The molecular weight excluding hydrogens is 725 g/mol. The van der Waals surface area contributed by atoms with E-state index in [9.17, 15) is 19.0 Å². The molecule has 1 unspecified atom stereocenters. The number of phosphoric ester groups is 1. The molecule has 1 N–H and O–H groups in total. The number of likely N-dealkylation sites (N-methyl/N-ethyl adjacent to an activating group) is 1. The second-order valence-electron chi connectivity index (χ2n) is 16.1. The first-order valence-corrected chi connectivity index (χ1v) is 23.9. The van der Waals surface area contributed by atoms with Crippen molar-refractivity contribution in [3.63, 3.8) is 0 Å². The minimum Gasteiger partial charge on any atom is -0.462 e. The van der Waals surface area contributed by atoms with Crippen molar-refractivity contribution in [1.29, 1.82) is 0 Å². The van der Waals surface area contributed by atoms with Crippen LogP contribution in [0.1, 0.15) is 181 Å². The van der Waals surface area contributed by atoms with E-state index in [-0.39, 0.29) is 26.1 Å². The van der Waals surface area contributed by atoms with Crippen LogP contribution in [-0.2, 0) is 32.7 Å². The number of phosphoric acid groups is 1. The Bertz CT molecular complexity index is 1100. The van der Waals surface area contributed by atoms with E-state index in [1.54, 1.807) is 0 Å². The minimum absolute atomic E-state index is 0.0230. The highest BCUT2D eigenvalue weighted by atomic mass is 31.2. The van der Waals surface area contributed by atoms with Gasteiger partial charge in [0, 0.05) is 12.8 Å². The van der Waals surface area contributed by atoms with E-state index in [0.717, 1.165) is 44.9 Å². The normalized spacial score (nSPS) is 14.0. The zero-order valence-electron chi connectivity index (χ0n) is 36.6. The third kappa shape index (κ3) is 41.6. The van der Waals surface area contributed by atoms with Crippen LogP contribution in [0.2, 0.25) is 0 Å². The van der Waals surface area contributed by atoms with Gasteiger partial charge in [0.05, 0.1) is 27.7 Å². The van der Waals surface area contributed by atoms with E-state index < -0.39 is 32.5 Å². The molecule has 0 saturated carbocycles. The van der Waals surface area contributed by atoms with Gasteiger partial charge in [-0.25, -0.2) is 4.57 Å². The van der Waals surface area contributed by atoms with Gasteiger partial charge in [-0.2, -0.15) is 0 Å². The standard InChI is InChI=1S/C46H84NO8P/c1-6-8-10-12-14-16-18-19-20-21-22-23-24-25-26-27-29-30-32-34-36-38-45(48)52-42-44(43-54-56(50,51)53-41-40-47(3,4)5)55-46(49)39-37-35-33-31-28-17-15-13-11-9-7-2/h20-21,23-24,26-27,30,32,44H,6-19,22,25,28-29,31,33-43H2,1-5H3/p+1/b21-20+,24-23+,27-26+,32-30+/t44-/m0/s1. The van der Waals surface area contributed by atoms with Crippen LogP contribution in [0.25, 0.3) is 0 Å². The highest BCUT2D eigenvalue weighted by Gasteiger charge is 2.27. The average molecular weight is 811 g/mol. The Kier molecular flexibility index (Phi) is 37.1. The van der Waals surface area contributed by atoms with Crippen molar-refractivity contribution in [3.8, 4) is 0 Å². The summed E-state index contributed by atoms with van der Waals surface area (Å²) in [5.41, 5.74) is 0. The number of nitrogens with zero attached hydrogens (tertiary/aromatic N) is 1. The van der Waals surface area contributed by atoms with Crippen molar-refractivity contribution in [2.24, 2.45) is 0 Å². The van der Waals surface area contributed by atoms with Gasteiger partial charge in [-0.1, -0.05) is 165 Å². The molecule has 0 saturated heterocycles. The van der Waals surface area contributed by atoms with Crippen molar-refractivity contribution >= 4 is 19.8 Å². The van der Waals surface area contributed by atoms with E-state index in [0.29, 0.717) is 23.9 Å². The molecule has 0 amide bonds. The number of quaternary nitrogens is 1. The third-order valence-electron chi connectivity index (χ3n) is 9.36. The Morgan fingerprint density at radius 2 is 0.982 bits per heavy atom. The molecule has 0 rings (SSSR count). The molecule has 0 bridgehead atoms. The maximum atomic E-state index is 12.6. The second-order valence-corrected chi connectivity index (χ2v) is 17.5. The van der Waals surface area contributed by atoms with Gasteiger partial charge in [-0.05, 0) is 51.4 Å². The summed E-state index contributed by atoms with van der Waals surface area (Å²) in [5, 5.41) is 0. The molecule has 56 heavy (non-hydrogen) atoms. The maximum Gasteiger partial charge on any atom is 0.472 e. The number of hydrogen-bond acceptors (Lipinski definition) is 7. The van der Waals surface area contributed by atoms with E-state index in [1.807, 2.05) is 21.1 Å². The quantitative estimate of drug-likeness (QED) is 0.0214. The van der Waals surface area contributed by atoms with Crippen LogP contribution in [0.4, 0.5) is 0 Å². The fraction of sp³-hybridized carbons (Fsp3) is 0.783. The van der Waals surface area contributed by atoms with Gasteiger partial charge < -0.3 is 18.9 Å². The summed E-state index contributed by atoms with van der Waals surface area (Å²) < 4.78 is 34.2. The fourth-order valence-corrected chi connectivity index (χ4v) is 6.57. The Morgan fingerprint density at radius 1 is 0.554 bits per heavy atom. The van der Waals surface area contributed by atoms with Gasteiger partial charge in [-0.15, -0.1) is 0 Å². The van der Waals surface area contributed by atoms with Crippen molar-refractivity contribution in [2.75, 3.05) is 47.5 Å². The lowest BCUT2D eigenvalue weighted by atomic mass is 10.1. The Morgan fingerprint density at radius 3 is 1.48 bits per heavy atom. The van der Waals surface area contributed by atoms with Gasteiger partial charge in [0.2, 0.25) is 0 Å². The van der Waals surface area contributed by atoms with Crippen LogP contribution in [0.5, 0.6) is 0 Å². The lowest BCUT2D eigenvalue weighted by Gasteiger charge is -2.24. The van der Waals surface area contributed by atoms with Gasteiger partial charge in [-0.3, -0.25) is 18.6 Å².